The van der Waals surface area contributed by atoms with E-state index in [-0.39, 0.29) is 37.4 Å². The van der Waals surface area contributed by atoms with Gasteiger partial charge < -0.3 is 23.8 Å². The maximum atomic E-state index is 16.2. The van der Waals surface area contributed by atoms with Crippen LogP contribution in [0.3, 0.4) is 0 Å². The number of ether oxygens (including phenoxy) is 1. The first-order chi connectivity index (χ1) is 22.0. The van der Waals surface area contributed by atoms with E-state index in [1.54, 1.807) is 41.1 Å². The number of halogens is 2. The first kappa shape index (κ1) is 32.4. The highest BCUT2D eigenvalue weighted by Crippen LogP contribution is 2.60. The summed E-state index contributed by atoms with van der Waals surface area (Å²) in [5.41, 5.74) is 1.16. The number of rotatable bonds is 9. The molecule has 3 aliphatic heterocycles. The predicted octanol–water partition coefficient (Wildman–Crippen LogP) is 6.33. The lowest BCUT2D eigenvalue weighted by molar-refractivity contribution is -0.150. The average Bonchev–Trinajstić information content (AvgIpc) is 3.69. The Balaban J connectivity index is 1.35. The van der Waals surface area contributed by atoms with E-state index in [0.717, 1.165) is 24.8 Å². The topological polar surface area (TPSA) is 90.4 Å². The van der Waals surface area contributed by atoms with Crippen LogP contribution in [0.5, 0.6) is 0 Å². The van der Waals surface area contributed by atoms with Gasteiger partial charge in [-0.25, -0.2) is 0 Å². The third-order valence-electron chi connectivity index (χ3n) is 9.88. The minimum atomic E-state index is -3.48. The van der Waals surface area contributed by atoms with E-state index in [0.29, 0.717) is 34.2 Å². The van der Waals surface area contributed by atoms with E-state index >= 15 is 4.11 Å². The molecule has 2 fully saturated rings. The number of para-hydroxylation sites is 1. The van der Waals surface area contributed by atoms with Gasteiger partial charge in [0.2, 0.25) is 20.7 Å². The Morgan fingerprint density at radius 3 is 2.57 bits per heavy atom. The van der Waals surface area contributed by atoms with Crippen molar-refractivity contribution in [3.63, 3.8) is 0 Å². The van der Waals surface area contributed by atoms with E-state index in [2.05, 4.69) is 0 Å². The van der Waals surface area contributed by atoms with Gasteiger partial charge in [-0.3, -0.25) is 19.3 Å². The van der Waals surface area contributed by atoms with E-state index in [1.807, 2.05) is 61.5 Å². The van der Waals surface area contributed by atoms with Crippen LogP contribution < -0.4 is 9.80 Å². The van der Waals surface area contributed by atoms with Crippen LogP contribution in [-0.4, -0.2) is 61.9 Å². The summed E-state index contributed by atoms with van der Waals surface area (Å²) >= 11 is 6.51. The number of carbonyl (C=O) groups excluding carboxylic acids is 3. The molecule has 3 aromatic rings. The zero-order chi connectivity index (χ0) is 32.8. The second-order valence-corrected chi connectivity index (χ2v) is 17.3. The van der Waals surface area contributed by atoms with Gasteiger partial charge in [0.05, 0.1) is 37.4 Å². The van der Waals surface area contributed by atoms with Crippen molar-refractivity contribution < 1.29 is 28.3 Å². The number of nitrogens with zero attached hydrogens (tertiary/aromatic N) is 3. The molecule has 1 N–H and O–H groups in total. The fourth-order valence-corrected chi connectivity index (χ4v) is 10.5. The van der Waals surface area contributed by atoms with Crippen molar-refractivity contribution in [1.82, 2.24) is 4.90 Å². The van der Waals surface area contributed by atoms with Crippen molar-refractivity contribution in [2.45, 2.75) is 69.1 Å². The summed E-state index contributed by atoms with van der Waals surface area (Å²) in [6, 6.07) is 21.7. The van der Waals surface area contributed by atoms with Crippen LogP contribution in [0.1, 0.15) is 37.3 Å². The number of fused-ring (bicyclic) bond motifs is 2. The predicted molar refractivity (Wildman–Crippen MR) is 178 cm³/mol. The molecule has 0 saturated carbocycles. The largest absolute Gasteiger partial charge is 0.394 e. The highest BCUT2D eigenvalue weighted by Gasteiger charge is 2.67. The van der Waals surface area contributed by atoms with Gasteiger partial charge in [0.25, 0.3) is 5.91 Å². The molecule has 3 aliphatic rings. The molecule has 0 radical (unpaired) electrons. The molecule has 3 amide bonds. The minimum Gasteiger partial charge on any atom is -0.394 e. The van der Waals surface area contributed by atoms with E-state index in [1.165, 1.54) is 4.90 Å². The molecule has 6 rings (SSSR count). The number of hydrogen-bond donors (Lipinski definition) is 1. The molecule has 3 aromatic carbocycles. The Kier molecular flexibility index (Phi) is 8.84. The van der Waals surface area contributed by atoms with Crippen LogP contribution in [0.4, 0.5) is 21.2 Å². The molecular weight excluding hydrogens is 625 g/mol. The van der Waals surface area contributed by atoms with E-state index < -0.39 is 31.6 Å². The SMILES string of the molecule is C[C@@H]1[C@@H]([Si](C)(C)F)[C@H](CC(=O)N2CCC[C@H]2CO)O[C@@]12C(=O)N(Cc1cccc(N(C=O)c3ccccc3)c1)c1ccc(Cl)cc12. The lowest BCUT2D eigenvalue weighted by atomic mass is 9.82. The lowest BCUT2D eigenvalue weighted by Crippen LogP contribution is -2.45. The Morgan fingerprint density at radius 2 is 1.87 bits per heavy atom. The molecule has 0 aliphatic carbocycles. The van der Waals surface area contributed by atoms with Crippen LogP contribution in [0.15, 0.2) is 72.8 Å². The molecule has 2 saturated heterocycles. The molecule has 1 spiro atoms. The number of benzene rings is 3. The van der Waals surface area contributed by atoms with Crippen molar-refractivity contribution in [3.8, 4) is 0 Å². The summed E-state index contributed by atoms with van der Waals surface area (Å²) in [4.78, 5) is 45.2. The maximum absolute atomic E-state index is 16.2. The van der Waals surface area contributed by atoms with Crippen LogP contribution >= 0.6 is 11.6 Å². The molecule has 0 unspecified atom stereocenters. The summed E-state index contributed by atoms with van der Waals surface area (Å²) in [6.07, 6.45) is 1.38. The standard InChI is InChI=1S/C35H39ClFN3O5Si/c1-23-33(46(2,3)37)31(19-32(43)38-16-8-13-28(38)21-41)45-35(23)29-18-25(36)14-15-30(29)39(34(35)44)20-24-9-7-12-27(17-24)40(22-42)26-10-5-4-6-11-26/h4-7,9-12,14-15,17-18,22-23,28,31,33,41H,8,13,16,19-21H2,1-3H3/t23-,28+,31+,33-,35+/m1/s1. The first-order valence-electron chi connectivity index (χ1n) is 15.8. The highest BCUT2D eigenvalue weighted by molar-refractivity contribution is 6.72. The van der Waals surface area contributed by atoms with Gasteiger partial charge in [0.15, 0.2) is 5.60 Å². The fourth-order valence-electron chi connectivity index (χ4n) is 7.87. The van der Waals surface area contributed by atoms with Crippen LogP contribution in [0, 0.1) is 5.92 Å². The van der Waals surface area contributed by atoms with Gasteiger partial charge in [-0.15, -0.1) is 0 Å². The number of anilines is 3. The van der Waals surface area contributed by atoms with Crippen LogP contribution in [-0.2, 0) is 31.3 Å². The third kappa shape index (κ3) is 5.55. The number of amides is 3. The van der Waals surface area contributed by atoms with E-state index in [9.17, 15) is 19.5 Å². The molecule has 46 heavy (non-hydrogen) atoms. The molecule has 0 aromatic heterocycles. The smallest absolute Gasteiger partial charge is 0.264 e. The molecule has 0 bridgehead atoms. The summed E-state index contributed by atoms with van der Waals surface area (Å²) in [5, 5.41) is 10.2. The number of likely N-dealkylation sites (tertiary alicyclic amines) is 1. The van der Waals surface area contributed by atoms with E-state index in [4.69, 9.17) is 16.3 Å². The number of aliphatic hydroxyl groups excluding tert-OH is 1. The van der Waals surface area contributed by atoms with Gasteiger partial charge in [-0.05, 0) is 74.0 Å². The Bertz CT molecular complexity index is 1640. The van der Waals surface area contributed by atoms with Gasteiger partial charge in [0.1, 0.15) is 0 Å². The Labute approximate surface area is 274 Å². The van der Waals surface area contributed by atoms with Crippen molar-refractivity contribution >= 4 is 55.3 Å². The van der Waals surface area contributed by atoms with Gasteiger partial charge in [-0.1, -0.05) is 48.9 Å². The quantitative estimate of drug-likeness (QED) is 0.164. The van der Waals surface area contributed by atoms with Crippen molar-refractivity contribution in [2.75, 3.05) is 23.0 Å². The van der Waals surface area contributed by atoms with Crippen LogP contribution in [0.2, 0.25) is 23.7 Å². The summed E-state index contributed by atoms with van der Waals surface area (Å²) in [5.74, 6) is -1.10. The minimum absolute atomic E-state index is 0.0696. The number of hydrogen-bond acceptors (Lipinski definition) is 5. The zero-order valence-electron chi connectivity index (χ0n) is 26.2. The number of carbonyl (C=O) groups is 3. The monoisotopic (exact) mass is 663 g/mol. The second-order valence-electron chi connectivity index (χ2n) is 13.1. The normalized spacial score (nSPS) is 25.7. The second kappa shape index (κ2) is 12.6. The lowest BCUT2D eigenvalue weighted by Gasteiger charge is -2.31. The molecule has 8 nitrogen and oxygen atoms in total. The van der Waals surface area contributed by atoms with Gasteiger partial charge >= 0.3 is 0 Å². The summed E-state index contributed by atoms with van der Waals surface area (Å²) in [7, 11) is -3.48. The Hall–Kier alpha value is -3.57. The van der Waals surface area contributed by atoms with Crippen molar-refractivity contribution in [3.05, 3.63) is 88.9 Å². The molecule has 242 valence electrons. The van der Waals surface area contributed by atoms with Crippen molar-refractivity contribution in [1.29, 1.82) is 0 Å². The molecular formula is C35H39ClFN3O5Si. The van der Waals surface area contributed by atoms with Gasteiger partial charge in [0, 0.05) is 40.0 Å². The maximum Gasteiger partial charge on any atom is 0.264 e. The van der Waals surface area contributed by atoms with Gasteiger partial charge in [-0.2, -0.15) is 0 Å². The molecule has 11 heteroatoms. The summed E-state index contributed by atoms with van der Waals surface area (Å²) < 4.78 is 23.0. The third-order valence-corrected chi connectivity index (χ3v) is 12.6. The van der Waals surface area contributed by atoms with Crippen LogP contribution in [0.25, 0.3) is 0 Å². The van der Waals surface area contributed by atoms with Crippen molar-refractivity contribution in [2.24, 2.45) is 5.92 Å². The highest BCUT2D eigenvalue weighted by atomic mass is 35.5. The molecule has 5 atom stereocenters. The summed E-state index contributed by atoms with van der Waals surface area (Å²) in [6.45, 7) is 5.65. The first-order valence-corrected chi connectivity index (χ1v) is 19.1. The Morgan fingerprint density at radius 1 is 1.13 bits per heavy atom. The molecule has 3 heterocycles. The average molecular weight is 664 g/mol. The zero-order valence-corrected chi connectivity index (χ0v) is 28.0. The fraction of sp³-hybridized carbons (Fsp3) is 0.400. The number of aliphatic hydroxyl groups is 1.